The van der Waals surface area contributed by atoms with E-state index in [4.69, 9.17) is 0 Å². The summed E-state index contributed by atoms with van der Waals surface area (Å²) >= 11 is 0. The van der Waals surface area contributed by atoms with Gasteiger partial charge in [0.2, 0.25) is 15.9 Å². The number of nitrogens with zero attached hydrogens (tertiary/aromatic N) is 1. The third-order valence-electron chi connectivity index (χ3n) is 3.95. The van der Waals surface area contributed by atoms with Crippen molar-refractivity contribution in [3.63, 3.8) is 0 Å². The van der Waals surface area contributed by atoms with Gasteiger partial charge in [-0.3, -0.25) is 4.79 Å². The average Bonchev–Trinajstić information content (AvgIpc) is 2.46. The number of carbonyl (C=O) groups is 1. The number of rotatable bonds is 4. The number of aryl methyl sites for hydroxylation is 1. The second kappa shape index (κ2) is 6.58. The van der Waals surface area contributed by atoms with Gasteiger partial charge in [-0.25, -0.2) is 13.1 Å². The molecule has 1 saturated heterocycles. The van der Waals surface area contributed by atoms with E-state index in [2.05, 4.69) is 4.72 Å². The predicted octanol–water partition coefficient (Wildman–Crippen LogP) is 1.53. The minimum Gasteiger partial charge on any atom is -0.343 e. The molecule has 0 saturated carbocycles. The van der Waals surface area contributed by atoms with Crippen LogP contribution in [0.25, 0.3) is 0 Å². The van der Waals surface area contributed by atoms with Gasteiger partial charge in [0, 0.05) is 26.6 Å². The number of nitrogens with one attached hydrogen (secondary N) is 1. The Hall–Kier alpha value is -1.40. The van der Waals surface area contributed by atoms with Gasteiger partial charge in [0.25, 0.3) is 0 Å². The monoisotopic (exact) mass is 310 g/mol. The van der Waals surface area contributed by atoms with Crippen molar-refractivity contribution in [3.05, 3.63) is 29.8 Å². The second-order valence-electron chi connectivity index (χ2n) is 5.61. The van der Waals surface area contributed by atoms with Crippen molar-refractivity contribution in [2.24, 2.45) is 5.92 Å². The zero-order chi connectivity index (χ0) is 15.5. The third-order valence-corrected chi connectivity index (χ3v) is 5.39. The zero-order valence-electron chi connectivity index (χ0n) is 12.5. The highest BCUT2D eigenvalue weighted by Gasteiger charge is 2.22. The van der Waals surface area contributed by atoms with E-state index in [1.54, 1.807) is 31.2 Å². The lowest BCUT2D eigenvalue weighted by molar-refractivity contribution is -0.130. The Kier molecular flexibility index (Phi) is 5.00. The number of carbonyl (C=O) groups excluding carboxylic acids is 1. The van der Waals surface area contributed by atoms with Crippen LogP contribution in [-0.2, 0) is 14.8 Å². The van der Waals surface area contributed by atoms with Gasteiger partial charge in [-0.2, -0.15) is 0 Å². The van der Waals surface area contributed by atoms with E-state index in [0.29, 0.717) is 30.4 Å². The molecule has 1 fully saturated rings. The van der Waals surface area contributed by atoms with Gasteiger partial charge >= 0.3 is 0 Å². The minimum atomic E-state index is -3.44. The molecule has 1 aromatic rings. The quantitative estimate of drug-likeness (QED) is 0.917. The van der Waals surface area contributed by atoms with E-state index in [-0.39, 0.29) is 5.91 Å². The number of likely N-dealkylation sites (tertiary alicyclic amines) is 1. The molecule has 0 unspecified atom stereocenters. The Labute approximate surface area is 126 Å². The summed E-state index contributed by atoms with van der Waals surface area (Å²) in [5.74, 6) is 0.384. The van der Waals surface area contributed by atoms with Crippen molar-refractivity contribution >= 4 is 15.9 Å². The lowest BCUT2D eigenvalue weighted by Crippen LogP contribution is -2.40. The fourth-order valence-corrected chi connectivity index (χ4v) is 3.60. The molecule has 1 aliphatic heterocycles. The van der Waals surface area contributed by atoms with E-state index in [9.17, 15) is 13.2 Å². The summed E-state index contributed by atoms with van der Waals surface area (Å²) in [7, 11) is -3.44. The highest BCUT2D eigenvalue weighted by atomic mass is 32.2. The lowest BCUT2D eigenvalue weighted by atomic mass is 9.97. The van der Waals surface area contributed by atoms with Crippen LogP contribution in [0.3, 0.4) is 0 Å². The number of amides is 1. The number of sulfonamides is 1. The van der Waals surface area contributed by atoms with E-state index in [1.807, 2.05) is 11.8 Å². The SMILES string of the molecule is CC(=O)N1CCC(CNS(=O)(=O)c2ccc(C)cc2)CC1. The van der Waals surface area contributed by atoms with Gasteiger partial charge in [0.15, 0.2) is 0 Å². The van der Waals surface area contributed by atoms with Crippen LogP contribution in [0.2, 0.25) is 0 Å². The lowest BCUT2D eigenvalue weighted by Gasteiger charge is -2.31. The number of benzene rings is 1. The predicted molar refractivity (Wildman–Crippen MR) is 81.3 cm³/mol. The van der Waals surface area contributed by atoms with Crippen molar-refractivity contribution in [1.82, 2.24) is 9.62 Å². The van der Waals surface area contributed by atoms with E-state index in [0.717, 1.165) is 18.4 Å². The van der Waals surface area contributed by atoms with Gasteiger partial charge in [-0.05, 0) is 37.8 Å². The Balaban J connectivity index is 1.88. The molecule has 0 spiro atoms. The van der Waals surface area contributed by atoms with Crippen LogP contribution in [0, 0.1) is 12.8 Å². The first-order valence-corrected chi connectivity index (χ1v) is 8.68. The molecule has 0 bridgehead atoms. The molecule has 6 heteroatoms. The first kappa shape index (κ1) is 16.0. The standard InChI is InChI=1S/C15H22N2O3S/c1-12-3-5-15(6-4-12)21(19,20)16-11-14-7-9-17(10-8-14)13(2)18/h3-6,14,16H,7-11H2,1-2H3. The third kappa shape index (κ3) is 4.28. The maximum absolute atomic E-state index is 12.2. The summed E-state index contributed by atoms with van der Waals surface area (Å²) in [6, 6.07) is 6.83. The highest BCUT2D eigenvalue weighted by molar-refractivity contribution is 7.89. The largest absolute Gasteiger partial charge is 0.343 e. The van der Waals surface area contributed by atoms with Gasteiger partial charge in [-0.15, -0.1) is 0 Å². The van der Waals surface area contributed by atoms with E-state index in [1.165, 1.54) is 0 Å². The molecule has 0 aliphatic carbocycles. The first-order valence-electron chi connectivity index (χ1n) is 7.20. The van der Waals surface area contributed by atoms with Gasteiger partial charge < -0.3 is 4.90 Å². The molecule has 1 aliphatic rings. The van der Waals surface area contributed by atoms with Crippen molar-refractivity contribution in [1.29, 1.82) is 0 Å². The smallest absolute Gasteiger partial charge is 0.240 e. The van der Waals surface area contributed by atoms with Crippen molar-refractivity contribution in [2.45, 2.75) is 31.6 Å². The molecule has 0 atom stereocenters. The van der Waals surface area contributed by atoms with Crippen LogP contribution >= 0.6 is 0 Å². The molecular weight excluding hydrogens is 288 g/mol. The topological polar surface area (TPSA) is 66.5 Å². The molecule has 21 heavy (non-hydrogen) atoms. The molecular formula is C15H22N2O3S. The van der Waals surface area contributed by atoms with Crippen LogP contribution in [-0.4, -0.2) is 38.9 Å². The van der Waals surface area contributed by atoms with Gasteiger partial charge in [0.05, 0.1) is 4.90 Å². The van der Waals surface area contributed by atoms with Crippen molar-refractivity contribution in [3.8, 4) is 0 Å². The maximum atomic E-state index is 12.2. The Bertz CT molecular complexity index is 588. The molecule has 0 radical (unpaired) electrons. The molecule has 1 heterocycles. The molecule has 1 aromatic carbocycles. The fraction of sp³-hybridized carbons (Fsp3) is 0.533. The number of hydrogen-bond donors (Lipinski definition) is 1. The van der Waals surface area contributed by atoms with Crippen LogP contribution < -0.4 is 4.72 Å². The summed E-state index contributed by atoms with van der Waals surface area (Å²) in [6.07, 6.45) is 1.69. The van der Waals surface area contributed by atoms with Crippen LogP contribution in [0.15, 0.2) is 29.2 Å². The number of piperidine rings is 1. The zero-order valence-corrected chi connectivity index (χ0v) is 13.3. The van der Waals surface area contributed by atoms with Crippen LogP contribution in [0.1, 0.15) is 25.3 Å². The van der Waals surface area contributed by atoms with Crippen molar-refractivity contribution in [2.75, 3.05) is 19.6 Å². The molecule has 2 rings (SSSR count). The minimum absolute atomic E-state index is 0.0914. The fourth-order valence-electron chi connectivity index (χ4n) is 2.48. The highest BCUT2D eigenvalue weighted by Crippen LogP contribution is 2.17. The first-order chi connectivity index (χ1) is 9.88. The summed E-state index contributed by atoms with van der Waals surface area (Å²) in [5, 5.41) is 0. The molecule has 0 aromatic heterocycles. The molecule has 1 N–H and O–H groups in total. The normalized spacial score (nSPS) is 17.0. The number of hydrogen-bond acceptors (Lipinski definition) is 3. The Morgan fingerprint density at radius 3 is 2.33 bits per heavy atom. The molecule has 5 nitrogen and oxygen atoms in total. The second-order valence-corrected chi connectivity index (χ2v) is 7.38. The molecule has 1 amide bonds. The Morgan fingerprint density at radius 1 is 1.24 bits per heavy atom. The van der Waals surface area contributed by atoms with E-state index < -0.39 is 10.0 Å². The van der Waals surface area contributed by atoms with Crippen LogP contribution in [0.5, 0.6) is 0 Å². The Morgan fingerprint density at radius 2 is 1.81 bits per heavy atom. The van der Waals surface area contributed by atoms with Gasteiger partial charge in [-0.1, -0.05) is 17.7 Å². The summed E-state index contributed by atoms with van der Waals surface area (Å²) < 4.78 is 27.0. The van der Waals surface area contributed by atoms with Crippen LogP contribution in [0.4, 0.5) is 0 Å². The summed E-state index contributed by atoms with van der Waals surface area (Å²) in [4.78, 5) is 13.4. The van der Waals surface area contributed by atoms with E-state index >= 15 is 0 Å². The summed E-state index contributed by atoms with van der Waals surface area (Å²) in [6.45, 7) is 5.35. The van der Waals surface area contributed by atoms with Gasteiger partial charge in [0.1, 0.15) is 0 Å². The average molecular weight is 310 g/mol. The summed E-state index contributed by atoms with van der Waals surface area (Å²) in [5.41, 5.74) is 1.03. The van der Waals surface area contributed by atoms with Crippen molar-refractivity contribution < 1.29 is 13.2 Å². The molecule has 116 valence electrons. The maximum Gasteiger partial charge on any atom is 0.240 e.